The maximum Gasteiger partial charge on any atom is 0.308 e. The van der Waals surface area contributed by atoms with Gasteiger partial charge < -0.3 is 24.0 Å². The molecule has 0 aliphatic carbocycles. The van der Waals surface area contributed by atoms with Crippen LogP contribution in [0.1, 0.15) is 55.2 Å². The van der Waals surface area contributed by atoms with Crippen LogP contribution >= 0.6 is 0 Å². The van der Waals surface area contributed by atoms with Crippen molar-refractivity contribution in [2.24, 2.45) is 5.92 Å². The molecular weight excluding hydrogens is 530 g/mol. The smallest absolute Gasteiger partial charge is 0.308 e. The number of hydrogen-bond acceptors (Lipinski definition) is 5. The Balaban J connectivity index is 1.59. The van der Waals surface area contributed by atoms with Crippen LogP contribution in [0.5, 0.6) is 11.5 Å². The molecule has 1 fully saturated rings. The Morgan fingerprint density at radius 3 is 2.60 bits per heavy atom. The van der Waals surface area contributed by atoms with Crippen LogP contribution in [0, 0.1) is 5.92 Å². The number of likely N-dealkylation sites (tertiary alicyclic amines) is 1. The Kier molecular flexibility index (Phi) is 10.9. The summed E-state index contributed by atoms with van der Waals surface area (Å²) < 4.78 is 12.2. The first-order valence-corrected chi connectivity index (χ1v) is 15.5. The van der Waals surface area contributed by atoms with Gasteiger partial charge in [0.1, 0.15) is 11.5 Å². The van der Waals surface area contributed by atoms with Gasteiger partial charge in [-0.25, -0.2) is 0 Å². The average Bonchev–Trinajstić information content (AvgIpc) is 3.57. The van der Waals surface area contributed by atoms with Gasteiger partial charge in [0.2, 0.25) is 5.91 Å². The third-order valence-electron chi connectivity index (χ3n) is 8.81. The van der Waals surface area contributed by atoms with Gasteiger partial charge in [0.15, 0.2) is 0 Å². The van der Waals surface area contributed by atoms with E-state index in [4.69, 9.17) is 9.47 Å². The van der Waals surface area contributed by atoms with Crippen LogP contribution in [-0.2, 0) is 22.4 Å². The van der Waals surface area contributed by atoms with E-state index in [1.807, 2.05) is 41.3 Å². The van der Waals surface area contributed by atoms with E-state index in [1.54, 1.807) is 7.11 Å². The van der Waals surface area contributed by atoms with Crippen LogP contribution in [0.3, 0.4) is 0 Å². The minimum absolute atomic E-state index is 0.0966. The molecule has 3 unspecified atom stereocenters. The number of nitrogens with zero attached hydrogens (tertiary/aromatic N) is 3. The number of aliphatic carboxylic acids is 1. The molecule has 2 aromatic carbocycles. The predicted octanol–water partition coefficient (Wildman–Crippen LogP) is 4.46. The summed E-state index contributed by atoms with van der Waals surface area (Å²) in [5.74, 6) is 0.176. The fraction of sp³-hybridized carbons (Fsp3) is 0.588. The molecule has 2 aromatic rings. The van der Waals surface area contributed by atoms with Crippen LogP contribution in [0.25, 0.3) is 0 Å². The maximum absolute atomic E-state index is 13.8. The molecule has 2 heterocycles. The zero-order valence-corrected chi connectivity index (χ0v) is 26.2. The molecule has 8 heteroatoms. The molecule has 0 radical (unpaired) electrons. The largest absolute Gasteiger partial charge is 0.496 e. The molecular formula is C34H50N3O5+. The Morgan fingerprint density at radius 1 is 1.12 bits per heavy atom. The lowest BCUT2D eigenvalue weighted by Crippen LogP contribution is -2.45. The highest BCUT2D eigenvalue weighted by molar-refractivity contribution is 5.79. The molecule has 8 nitrogen and oxygen atoms in total. The summed E-state index contributed by atoms with van der Waals surface area (Å²) in [6.45, 7) is 6.04. The number of carboxylic acid groups (broad SMARTS) is 1. The van der Waals surface area contributed by atoms with Crippen molar-refractivity contribution in [3.8, 4) is 11.5 Å². The van der Waals surface area contributed by atoms with Gasteiger partial charge in [-0.1, -0.05) is 43.7 Å². The number of unbranched alkanes of at least 4 members (excludes halogenated alkanes) is 1. The quantitative estimate of drug-likeness (QED) is 0.314. The molecule has 1 saturated heterocycles. The van der Waals surface area contributed by atoms with Gasteiger partial charge in [-0.05, 0) is 48.1 Å². The zero-order chi connectivity index (χ0) is 30.3. The van der Waals surface area contributed by atoms with Gasteiger partial charge in [-0.2, -0.15) is 0 Å². The second-order valence-electron chi connectivity index (χ2n) is 12.9. The van der Waals surface area contributed by atoms with Crippen LogP contribution in [0.15, 0.2) is 42.5 Å². The number of carbonyl (C=O) groups excluding carboxylic acids is 1. The summed E-state index contributed by atoms with van der Waals surface area (Å²) in [6.07, 6.45) is 5.07. The van der Waals surface area contributed by atoms with Gasteiger partial charge >= 0.3 is 5.97 Å². The number of para-hydroxylation sites is 1. The zero-order valence-electron chi connectivity index (χ0n) is 26.2. The van der Waals surface area contributed by atoms with Crippen molar-refractivity contribution in [2.45, 2.75) is 57.4 Å². The Morgan fingerprint density at radius 2 is 1.88 bits per heavy atom. The van der Waals surface area contributed by atoms with Crippen LogP contribution in [0.2, 0.25) is 0 Å². The van der Waals surface area contributed by atoms with E-state index in [1.165, 1.54) is 0 Å². The van der Waals surface area contributed by atoms with Crippen molar-refractivity contribution < 1.29 is 28.7 Å². The van der Waals surface area contributed by atoms with E-state index in [2.05, 4.69) is 39.0 Å². The van der Waals surface area contributed by atoms with Crippen LogP contribution < -0.4 is 9.47 Å². The third kappa shape index (κ3) is 8.04. The molecule has 1 amide bonds. The number of fused-ring (bicyclic) bond motifs is 1. The van der Waals surface area contributed by atoms with E-state index in [0.717, 1.165) is 78.0 Å². The van der Waals surface area contributed by atoms with Crippen molar-refractivity contribution in [1.29, 1.82) is 0 Å². The van der Waals surface area contributed by atoms with E-state index >= 15 is 0 Å². The lowest BCUT2D eigenvalue weighted by atomic mass is 9.83. The number of hydrogen-bond donors (Lipinski definition) is 1. The lowest BCUT2D eigenvalue weighted by Gasteiger charge is -2.31. The van der Waals surface area contributed by atoms with E-state index in [0.29, 0.717) is 26.0 Å². The molecule has 2 aliphatic rings. The Hall–Kier alpha value is -3.10. The SMILES string of the molecule is CCCCN(CCC[N+](C)(C)C)C(=O)CN1CC(c2ccc3c(c2)CCO3)C(C(=O)O)C1CCc1ccccc1OC. The number of ether oxygens (including phenoxy) is 2. The first-order chi connectivity index (χ1) is 20.1. The van der Waals surface area contributed by atoms with Crippen molar-refractivity contribution in [3.63, 3.8) is 0 Å². The normalized spacial score (nSPS) is 20.3. The van der Waals surface area contributed by atoms with Gasteiger partial charge in [-0.15, -0.1) is 0 Å². The van der Waals surface area contributed by atoms with Crippen LogP contribution in [-0.4, -0.2) is 105 Å². The molecule has 4 rings (SSSR count). The summed E-state index contributed by atoms with van der Waals surface area (Å²) in [5.41, 5.74) is 3.22. The van der Waals surface area contributed by atoms with Gasteiger partial charge in [0, 0.05) is 44.4 Å². The monoisotopic (exact) mass is 580 g/mol. The number of carboxylic acids is 1. The number of methoxy groups -OCH3 is 1. The minimum Gasteiger partial charge on any atom is -0.496 e. The topological polar surface area (TPSA) is 79.3 Å². The number of rotatable bonds is 15. The molecule has 1 N–H and O–H groups in total. The molecule has 0 bridgehead atoms. The second-order valence-corrected chi connectivity index (χ2v) is 12.9. The molecule has 0 spiro atoms. The molecule has 230 valence electrons. The summed E-state index contributed by atoms with van der Waals surface area (Å²) in [5, 5.41) is 10.6. The Labute approximate surface area is 251 Å². The highest BCUT2D eigenvalue weighted by Gasteiger charge is 2.47. The Bertz CT molecular complexity index is 1210. The molecule has 3 atom stereocenters. The maximum atomic E-state index is 13.8. The summed E-state index contributed by atoms with van der Waals surface area (Å²) in [7, 11) is 8.18. The van der Waals surface area contributed by atoms with Crippen LogP contribution in [0.4, 0.5) is 0 Å². The molecule has 42 heavy (non-hydrogen) atoms. The standard InChI is InChI=1S/C34H49N3O5/c1-6-7-18-35(19-10-20-37(2,3)4)32(38)24-36-23-28(26-14-16-31-27(22-26)17-21-42-31)33(34(39)40)29(36)15-13-25-11-8-9-12-30(25)41-5/h8-9,11-12,14,16,22,28-29,33H,6-7,10,13,15,17-21,23-24H2,1-5H3/p+1. The predicted molar refractivity (Wildman–Crippen MR) is 165 cm³/mol. The highest BCUT2D eigenvalue weighted by Crippen LogP contribution is 2.41. The van der Waals surface area contributed by atoms with Gasteiger partial charge in [-0.3, -0.25) is 14.5 Å². The number of amides is 1. The highest BCUT2D eigenvalue weighted by atomic mass is 16.5. The fourth-order valence-corrected chi connectivity index (χ4v) is 6.56. The van der Waals surface area contributed by atoms with Crippen molar-refractivity contribution >= 4 is 11.9 Å². The second kappa shape index (κ2) is 14.4. The number of aryl methyl sites for hydroxylation is 1. The van der Waals surface area contributed by atoms with E-state index in [9.17, 15) is 14.7 Å². The number of benzene rings is 2. The van der Waals surface area contributed by atoms with Crippen molar-refractivity contribution in [3.05, 3.63) is 59.2 Å². The first-order valence-electron chi connectivity index (χ1n) is 15.5. The lowest BCUT2D eigenvalue weighted by molar-refractivity contribution is -0.870. The van der Waals surface area contributed by atoms with Crippen molar-refractivity contribution in [2.75, 3.05) is 67.6 Å². The summed E-state index contributed by atoms with van der Waals surface area (Å²) in [4.78, 5) is 30.9. The van der Waals surface area contributed by atoms with Gasteiger partial charge in [0.25, 0.3) is 0 Å². The summed E-state index contributed by atoms with van der Waals surface area (Å²) >= 11 is 0. The first kappa shape index (κ1) is 31.8. The fourth-order valence-electron chi connectivity index (χ4n) is 6.56. The van der Waals surface area contributed by atoms with Crippen molar-refractivity contribution in [1.82, 2.24) is 9.80 Å². The number of quaternary nitrogens is 1. The summed E-state index contributed by atoms with van der Waals surface area (Å²) in [6, 6.07) is 13.8. The molecule has 2 aliphatic heterocycles. The minimum atomic E-state index is -0.803. The molecule has 0 aromatic heterocycles. The van der Waals surface area contributed by atoms with E-state index < -0.39 is 11.9 Å². The van der Waals surface area contributed by atoms with Gasteiger partial charge in [0.05, 0.1) is 53.9 Å². The van der Waals surface area contributed by atoms with E-state index in [-0.39, 0.29) is 24.4 Å². The third-order valence-corrected chi connectivity index (χ3v) is 8.81. The number of carbonyl (C=O) groups is 2. The average molecular weight is 581 g/mol. The molecule has 0 saturated carbocycles.